The van der Waals surface area contributed by atoms with Crippen LogP contribution in [0.2, 0.25) is 0 Å². The quantitative estimate of drug-likeness (QED) is 0.743. The summed E-state index contributed by atoms with van der Waals surface area (Å²) in [7, 11) is 0. The minimum Gasteiger partial charge on any atom is -0.397 e. The number of aromatic nitrogens is 1. The number of aryl methyl sites for hydroxylation is 1. The van der Waals surface area contributed by atoms with Crippen molar-refractivity contribution in [3.8, 4) is 0 Å². The van der Waals surface area contributed by atoms with Crippen LogP contribution >= 0.6 is 0 Å². The highest BCUT2D eigenvalue weighted by Gasteiger charge is 1.96. The first-order valence-electron chi connectivity index (χ1n) is 4.26. The average molecular weight is 191 g/mol. The molecule has 0 spiro atoms. The number of hydrogen-bond donors (Lipinski definition) is 2. The van der Waals surface area contributed by atoms with Crippen molar-refractivity contribution in [2.75, 3.05) is 5.73 Å². The number of hydrogen-bond acceptors (Lipinski definition) is 3. The molecule has 1 amide bonds. The predicted molar refractivity (Wildman–Crippen MR) is 56.2 cm³/mol. The molecular weight excluding hydrogens is 178 g/mol. The molecule has 4 heteroatoms. The molecule has 0 saturated carbocycles. The smallest absolute Gasteiger partial charge is 0.221 e. The normalized spacial score (nSPS) is 10.6. The van der Waals surface area contributed by atoms with Crippen molar-refractivity contribution < 1.29 is 4.79 Å². The third kappa shape index (κ3) is 2.90. The molecular formula is C10H13N3O. The van der Waals surface area contributed by atoms with Crippen molar-refractivity contribution in [2.24, 2.45) is 5.73 Å². The number of carbonyl (C=O) groups excluding carboxylic acids is 1. The summed E-state index contributed by atoms with van der Waals surface area (Å²) in [5, 5.41) is 0. The first-order valence-corrected chi connectivity index (χ1v) is 4.26. The Morgan fingerprint density at radius 1 is 1.64 bits per heavy atom. The lowest BCUT2D eigenvalue weighted by Crippen LogP contribution is -2.07. The van der Waals surface area contributed by atoms with Crippen LogP contribution in [0.3, 0.4) is 0 Å². The molecule has 0 aliphatic heterocycles. The average Bonchev–Trinajstić information content (AvgIpc) is 2.08. The fourth-order valence-corrected chi connectivity index (χ4v) is 1.07. The molecule has 0 saturated heterocycles. The van der Waals surface area contributed by atoms with Crippen LogP contribution in [0.1, 0.15) is 17.7 Å². The molecule has 14 heavy (non-hydrogen) atoms. The van der Waals surface area contributed by atoms with Gasteiger partial charge in [-0.25, -0.2) is 0 Å². The zero-order valence-corrected chi connectivity index (χ0v) is 8.03. The van der Waals surface area contributed by atoms with Crippen LogP contribution in [-0.2, 0) is 4.79 Å². The molecule has 1 aromatic rings. The molecule has 0 atom stereocenters. The van der Waals surface area contributed by atoms with Gasteiger partial charge in [-0.2, -0.15) is 0 Å². The van der Waals surface area contributed by atoms with Gasteiger partial charge in [0.25, 0.3) is 0 Å². The molecule has 4 N–H and O–H groups in total. The third-order valence-electron chi connectivity index (χ3n) is 1.73. The van der Waals surface area contributed by atoms with Crippen molar-refractivity contribution in [1.82, 2.24) is 4.98 Å². The SMILES string of the molecule is Cc1cc(N)cnc1C=CCC(N)=O. The summed E-state index contributed by atoms with van der Waals surface area (Å²) in [6.45, 7) is 1.91. The van der Waals surface area contributed by atoms with Crippen molar-refractivity contribution in [3.63, 3.8) is 0 Å². The second kappa shape index (κ2) is 4.41. The van der Waals surface area contributed by atoms with E-state index in [0.717, 1.165) is 11.3 Å². The van der Waals surface area contributed by atoms with Crippen LogP contribution in [0, 0.1) is 6.92 Å². The lowest BCUT2D eigenvalue weighted by molar-refractivity contribution is -0.117. The molecule has 0 aliphatic carbocycles. The molecule has 0 fully saturated rings. The van der Waals surface area contributed by atoms with E-state index in [1.54, 1.807) is 18.3 Å². The maximum absolute atomic E-state index is 10.5. The van der Waals surface area contributed by atoms with Crippen molar-refractivity contribution in [2.45, 2.75) is 13.3 Å². The number of amides is 1. The summed E-state index contributed by atoms with van der Waals surface area (Å²) >= 11 is 0. The minimum absolute atomic E-state index is 0.228. The molecule has 0 aliphatic rings. The number of pyridine rings is 1. The van der Waals surface area contributed by atoms with Gasteiger partial charge in [0.1, 0.15) is 0 Å². The number of nitrogens with zero attached hydrogens (tertiary/aromatic N) is 1. The van der Waals surface area contributed by atoms with Crippen molar-refractivity contribution in [3.05, 3.63) is 29.6 Å². The van der Waals surface area contributed by atoms with E-state index in [9.17, 15) is 4.79 Å². The van der Waals surface area contributed by atoms with Gasteiger partial charge in [-0.3, -0.25) is 9.78 Å². The summed E-state index contributed by atoms with van der Waals surface area (Å²) < 4.78 is 0. The van der Waals surface area contributed by atoms with Crippen LogP contribution in [0.5, 0.6) is 0 Å². The second-order valence-electron chi connectivity index (χ2n) is 3.04. The highest BCUT2D eigenvalue weighted by atomic mass is 16.1. The Hall–Kier alpha value is -1.84. The standard InChI is InChI=1S/C10H13N3O/c1-7-5-8(11)6-13-9(7)3-2-4-10(12)14/h2-3,5-6H,4,11H2,1H3,(H2,12,14). The molecule has 1 rings (SSSR count). The summed E-state index contributed by atoms with van der Waals surface area (Å²) in [4.78, 5) is 14.6. The molecule has 0 bridgehead atoms. The van der Waals surface area contributed by atoms with Gasteiger partial charge in [0.05, 0.1) is 17.6 Å². The van der Waals surface area contributed by atoms with Gasteiger partial charge in [0.2, 0.25) is 5.91 Å². The Balaban J connectivity index is 2.76. The second-order valence-corrected chi connectivity index (χ2v) is 3.04. The molecule has 0 radical (unpaired) electrons. The fraction of sp³-hybridized carbons (Fsp3) is 0.200. The van der Waals surface area contributed by atoms with Crippen LogP contribution in [0.25, 0.3) is 6.08 Å². The van der Waals surface area contributed by atoms with E-state index in [1.165, 1.54) is 0 Å². The zero-order valence-electron chi connectivity index (χ0n) is 8.03. The van der Waals surface area contributed by atoms with Crippen molar-refractivity contribution >= 4 is 17.7 Å². The van der Waals surface area contributed by atoms with Gasteiger partial charge in [-0.1, -0.05) is 6.08 Å². The van der Waals surface area contributed by atoms with E-state index >= 15 is 0 Å². The van der Waals surface area contributed by atoms with Crippen LogP contribution in [-0.4, -0.2) is 10.9 Å². The summed E-state index contributed by atoms with van der Waals surface area (Å²) in [5.74, 6) is -0.352. The van der Waals surface area contributed by atoms with Gasteiger partial charge in [-0.15, -0.1) is 0 Å². The molecule has 1 heterocycles. The lowest BCUT2D eigenvalue weighted by atomic mass is 10.2. The van der Waals surface area contributed by atoms with E-state index in [-0.39, 0.29) is 12.3 Å². The minimum atomic E-state index is -0.352. The first kappa shape index (κ1) is 10.2. The van der Waals surface area contributed by atoms with E-state index in [0.29, 0.717) is 5.69 Å². The van der Waals surface area contributed by atoms with Crippen LogP contribution < -0.4 is 11.5 Å². The van der Waals surface area contributed by atoms with Gasteiger partial charge < -0.3 is 11.5 Å². The molecule has 0 aromatic carbocycles. The molecule has 0 unspecified atom stereocenters. The summed E-state index contributed by atoms with van der Waals surface area (Å²) in [6.07, 6.45) is 5.26. The number of nitrogen functional groups attached to an aromatic ring is 1. The number of nitrogens with two attached hydrogens (primary N) is 2. The molecule has 4 nitrogen and oxygen atoms in total. The predicted octanol–water partition coefficient (Wildman–Crippen LogP) is 0.861. The summed E-state index contributed by atoms with van der Waals surface area (Å²) in [5.41, 5.74) is 12.9. The maximum Gasteiger partial charge on any atom is 0.221 e. The number of carbonyl (C=O) groups is 1. The Morgan fingerprint density at radius 3 is 2.93 bits per heavy atom. The number of rotatable bonds is 3. The highest BCUT2D eigenvalue weighted by molar-refractivity contribution is 5.76. The molecule has 1 aromatic heterocycles. The van der Waals surface area contributed by atoms with E-state index < -0.39 is 0 Å². The maximum atomic E-state index is 10.5. The Kier molecular flexibility index (Phi) is 3.23. The first-order chi connectivity index (χ1) is 6.59. The van der Waals surface area contributed by atoms with E-state index in [2.05, 4.69) is 4.98 Å². The summed E-state index contributed by atoms with van der Waals surface area (Å²) in [6, 6.07) is 1.83. The van der Waals surface area contributed by atoms with Crippen molar-refractivity contribution in [1.29, 1.82) is 0 Å². The van der Waals surface area contributed by atoms with Crippen LogP contribution in [0.15, 0.2) is 18.3 Å². The Bertz CT molecular complexity index is 372. The third-order valence-corrected chi connectivity index (χ3v) is 1.73. The van der Waals surface area contributed by atoms with E-state index in [4.69, 9.17) is 11.5 Å². The highest BCUT2D eigenvalue weighted by Crippen LogP contribution is 2.10. The number of anilines is 1. The monoisotopic (exact) mass is 191 g/mol. The Labute approximate surface area is 82.6 Å². The van der Waals surface area contributed by atoms with Gasteiger partial charge in [0.15, 0.2) is 0 Å². The van der Waals surface area contributed by atoms with Gasteiger partial charge in [-0.05, 0) is 24.6 Å². The van der Waals surface area contributed by atoms with E-state index in [1.807, 2.05) is 13.0 Å². The van der Waals surface area contributed by atoms with Crippen LogP contribution in [0.4, 0.5) is 5.69 Å². The lowest BCUT2D eigenvalue weighted by Gasteiger charge is -1.99. The van der Waals surface area contributed by atoms with Gasteiger partial charge >= 0.3 is 0 Å². The largest absolute Gasteiger partial charge is 0.397 e. The molecule has 74 valence electrons. The zero-order chi connectivity index (χ0) is 10.6. The Morgan fingerprint density at radius 2 is 2.36 bits per heavy atom. The van der Waals surface area contributed by atoms with Gasteiger partial charge in [0, 0.05) is 6.42 Å². The topological polar surface area (TPSA) is 82.0 Å². The number of primary amides is 1. The fourth-order valence-electron chi connectivity index (χ4n) is 1.07.